The molecule has 0 aliphatic heterocycles. The highest BCUT2D eigenvalue weighted by Crippen LogP contribution is 2.16. The molecule has 1 heterocycles. The lowest BCUT2D eigenvalue weighted by Gasteiger charge is -2.10. The summed E-state index contributed by atoms with van der Waals surface area (Å²) < 4.78 is 31.8. The van der Waals surface area contributed by atoms with Crippen molar-refractivity contribution < 1.29 is 12.9 Å². The topological polar surface area (TPSA) is 111 Å². The van der Waals surface area contributed by atoms with Gasteiger partial charge in [-0.3, -0.25) is 0 Å². The van der Waals surface area contributed by atoms with Gasteiger partial charge in [-0.1, -0.05) is 17.3 Å². The molecule has 0 fully saturated rings. The third-order valence-corrected chi connectivity index (χ3v) is 4.42. The Morgan fingerprint density at radius 3 is 2.85 bits per heavy atom. The first-order valence-corrected chi connectivity index (χ1v) is 7.56. The number of nitrogens with zero attached hydrogens (tertiary/aromatic N) is 2. The number of aromatic nitrogens is 2. The molecular weight excluding hydrogens is 280 g/mol. The van der Waals surface area contributed by atoms with E-state index in [1.165, 1.54) is 6.33 Å². The number of aryl methyl sites for hydroxylation is 1. The van der Waals surface area contributed by atoms with Crippen LogP contribution in [0.1, 0.15) is 17.0 Å². The Bertz CT molecular complexity index is 668. The average molecular weight is 296 g/mol. The van der Waals surface area contributed by atoms with Crippen molar-refractivity contribution in [2.75, 3.05) is 6.54 Å². The second-order valence-corrected chi connectivity index (χ2v) is 6.02. The molecular formula is C12H16N4O3S. The van der Waals surface area contributed by atoms with Crippen LogP contribution in [0.2, 0.25) is 0 Å². The van der Waals surface area contributed by atoms with E-state index < -0.39 is 10.0 Å². The van der Waals surface area contributed by atoms with Gasteiger partial charge in [0.25, 0.3) is 0 Å². The lowest BCUT2D eigenvalue weighted by Crippen LogP contribution is -2.27. The van der Waals surface area contributed by atoms with E-state index >= 15 is 0 Å². The second-order valence-electron chi connectivity index (χ2n) is 4.29. The zero-order valence-corrected chi connectivity index (χ0v) is 11.9. The van der Waals surface area contributed by atoms with Gasteiger partial charge in [-0.05, 0) is 24.1 Å². The molecule has 0 atom stereocenters. The maximum absolute atomic E-state index is 12.2. The van der Waals surface area contributed by atoms with Crippen LogP contribution in [0.15, 0.2) is 33.9 Å². The van der Waals surface area contributed by atoms with Crippen LogP contribution in [-0.4, -0.2) is 25.1 Å². The quantitative estimate of drug-likeness (QED) is 0.796. The molecule has 20 heavy (non-hydrogen) atoms. The fourth-order valence-corrected chi connectivity index (χ4v) is 3.06. The summed E-state index contributed by atoms with van der Waals surface area (Å²) in [5.74, 6) is 0.389. The van der Waals surface area contributed by atoms with Crippen molar-refractivity contribution in [2.45, 2.75) is 24.8 Å². The predicted molar refractivity (Wildman–Crippen MR) is 72.3 cm³/mol. The second kappa shape index (κ2) is 6.12. The number of hydrogen-bond acceptors (Lipinski definition) is 6. The molecule has 1 aromatic carbocycles. The predicted octanol–water partition coefficient (Wildman–Crippen LogP) is 0.358. The van der Waals surface area contributed by atoms with Crippen molar-refractivity contribution in [2.24, 2.45) is 5.73 Å². The Balaban J connectivity index is 2.09. The van der Waals surface area contributed by atoms with Crippen molar-refractivity contribution in [3.8, 4) is 0 Å². The van der Waals surface area contributed by atoms with Gasteiger partial charge in [0.15, 0.2) is 6.33 Å². The Kier molecular flexibility index (Phi) is 4.48. The SMILES string of the molecule is Cc1ccc(CN)cc1S(=O)(=O)NCCc1ncno1. The van der Waals surface area contributed by atoms with E-state index in [4.69, 9.17) is 10.3 Å². The molecule has 0 unspecified atom stereocenters. The van der Waals surface area contributed by atoms with E-state index in [9.17, 15) is 8.42 Å². The standard InChI is InChI=1S/C12H16N4O3S/c1-9-2-3-10(7-13)6-11(9)20(17,18)16-5-4-12-14-8-15-19-12/h2-3,6,8,16H,4-5,7,13H2,1H3. The highest BCUT2D eigenvalue weighted by atomic mass is 32.2. The number of nitrogens with one attached hydrogen (secondary N) is 1. The third-order valence-electron chi connectivity index (χ3n) is 2.82. The molecule has 0 saturated carbocycles. The minimum absolute atomic E-state index is 0.191. The molecule has 0 spiro atoms. The molecule has 0 aliphatic carbocycles. The third kappa shape index (κ3) is 3.41. The summed E-state index contributed by atoms with van der Waals surface area (Å²) in [6.45, 7) is 2.23. The van der Waals surface area contributed by atoms with E-state index in [0.717, 1.165) is 5.56 Å². The van der Waals surface area contributed by atoms with Crippen molar-refractivity contribution in [1.82, 2.24) is 14.9 Å². The van der Waals surface area contributed by atoms with Crippen LogP contribution < -0.4 is 10.5 Å². The molecule has 2 rings (SSSR count). The summed E-state index contributed by atoms with van der Waals surface area (Å²) in [4.78, 5) is 4.07. The van der Waals surface area contributed by atoms with Gasteiger partial charge < -0.3 is 10.3 Å². The minimum Gasteiger partial charge on any atom is -0.340 e. The minimum atomic E-state index is -3.57. The maximum Gasteiger partial charge on any atom is 0.240 e. The van der Waals surface area contributed by atoms with Crippen LogP contribution in [0, 0.1) is 6.92 Å². The summed E-state index contributed by atoms with van der Waals surface area (Å²) >= 11 is 0. The first-order chi connectivity index (χ1) is 9.53. The van der Waals surface area contributed by atoms with E-state index in [1.54, 1.807) is 19.1 Å². The average Bonchev–Trinajstić information content (AvgIpc) is 2.92. The highest BCUT2D eigenvalue weighted by molar-refractivity contribution is 7.89. The lowest BCUT2D eigenvalue weighted by atomic mass is 10.1. The summed E-state index contributed by atoms with van der Waals surface area (Å²) in [6.07, 6.45) is 1.62. The van der Waals surface area contributed by atoms with Gasteiger partial charge in [0, 0.05) is 19.5 Å². The number of nitrogens with two attached hydrogens (primary N) is 1. The first kappa shape index (κ1) is 14.6. The molecule has 0 radical (unpaired) electrons. The zero-order valence-electron chi connectivity index (χ0n) is 11.0. The molecule has 0 aliphatic rings. The summed E-state index contributed by atoms with van der Waals surface area (Å²) in [5.41, 5.74) is 6.98. The van der Waals surface area contributed by atoms with Crippen molar-refractivity contribution in [3.05, 3.63) is 41.5 Å². The number of benzene rings is 1. The van der Waals surface area contributed by atoms with E-state index in [0.29, 0.717) is 24.4 Å². The molecule has 108 valence electrons. The Labute approximate surface area is 117 Å². The van der Waals surface area contributed by atoms with Crippen molar-refractivity contribution >= 4 is 10.0 Å². The van der Waals surface area contributed by atoms with Crippen LogP contribution in [0.25, 0.3) is 0 Å². The van der Waals surface area contributed by atoms with Crippen LogP contribution in [-0.2, 0) is 23.0 Å². The molecule has 1 aromatic heterocycles. The Morgan fingerprint density at radius 1 is 1.40 bits per heavy atom. The van der Waals surface area contributed by atoms with Gasteiger partial charge in [0.05, 0.1) is 4.90 Å². The van der Waals surface area contributed by atoms with E-state index in [-0.39, 0.29) is 11.4 Å². The number of hydrogen-bond donors (Lipinski definition) is 2. The summed E-state index contributed by atoms with van der Waals surface area (Å²) in [5, 5.41) is 3.45. The fraction of sp³-hybridized carbons (Fsp3) is 0.333. The van der Waals surface area contributed by atoms with Crippen molar-refractivity contribution in [3.63, 3.8) is 0 Å². The van der Waals surface area contributed by atoms with Crippen LogP contribution in [0.3, 0.4) is 0 Å². The maximum atomic E-state index is 12.2. The number of rotatable bonds is 6. The highest BCUT2D eigenvalue weighted by Gasteiger charge is 2.17. The normalized spacial score (nSPS) is 11.7. The summed E-state index contributed by atoms with van der Waals surface area (Å²) in [6, 6.07) is 5.14. The van der Waals surface area contributed by atoms with E-state index in [2.05, 4.69) is 14.9 Å². The van der Waals surface area contributed by atoms with Crippen LogP contribution in [0.5, 0.6) is 0 Å². The van der Waals surface area contributed by atoms with Gasteiger partial charge >= 0.3 is 0 Å². The molecule has 0 amide bonds. The Morgan fingerprint density at radius 2 is 2.20 bits per heavy atom. The molecule has 0 bridgehead atoms. The molecule has 0 saturated heterocycles. The smallest absolute Gasteiger partial charge is 0.240 e. The van der Waals surface area contributed by atoms with Gasteiger partial charge in [0.2, 0.25) is 15.9 Å². The molecule has 8 heteroatoms. The fourth-order valence-electron chi connectivity index (χ4n) is 1.74. The first-order valence-electron chi connectivity index (χ1n) is 6.08. The summed E-state index contributed by atoms with van der Waals surface area (Å²) in [7, 11) is -3.57. The van der Waals surface area contributed by atoms with Crippen molar-refractivity contribution in [1.29, 1.82) is 0 Å². The Hall–Kier alpha value is -1.77. The van der Waals surface area contributed by atoms with Gasteiger partial charge in [0.1, 0.15) is 0 Å². The van der Waals surface area contributed by atoms with Gasteiger partial charge in [-0.2, -0.15) is 4.98 Å². The monoisotopic (exact) mass is 296 g/mol. The molecule has 7 nitrogen and oxygen atoms in total. The lowest BCUT2D eigenvalue weighted by molar-refractivity contribution is 0.377. The van der Waals surface area contributed by atoms with Gasteiger partial charge in [-0.15, -0.1) is 0 Å². The molecule has 2 aromatic rings. The number of sulfonamides is 1. The zero-order chi connectivity index (χ0) is 14.6. The molecule has 3 N–H and O–H groups in total. The van der Waals surface area contributed by atoms with Crippen LogP contribution >= 0.6 is 0 Å². The van der Waals surface area contributed by atoms with Crippen LogP contribution in [0.4, 0.5) is 0 Å². The van der Waals surface area contributed by atoms with E-state index in [1.807, 2.05) is 6.07 Å². The van der Waals surface area contributed by atoms with Gasteiger partial charge in [-0.25, -0.2) is 13.1 Å². The largest absolute Gasteiger partial charge is 0.340 e.